The van der Waals surface area contributed by atoms with Crippen molar-refractivity contribution in [2.45, 2.75) is 26.3 Å². The Bertz CT molecular complexity index is 896. The molecule has 2 rings (SSSR count). The number of halogens is 1. The molecule has 8 heteroatoms. The third kappa shape index (κ3) is 6.90. The van der Waals surface area contributed by atoms with Crippen molar-refractivity contribution in [1.29, 1.82) is 0 Å². The number of ether oxygens (including phenoxy) is 1. The van der Waals surface area contributed by atoms with E-state index in [0.717, 1.165) is 6.26 Å². The van der Waals surface area contributed by atoms with Crippen LogP contribution in [-0.4, -0.2) is 27.2 Å². The van der Waals surface area contributed by atoms with Gasteiger partial charge in [-0.25, -0.2) is 12.8 Å². The quantitative estimate of drug-likeness (QED) is 0.721. The number of nitrogens with one attached hydrogen (secondary N) is 2. The van der Waals surface area contributed by atoms with Crippen molar-refractivity contribution < 1.29 is 22.3 Å². The minimum Gasteiger partial charge on any atom is -0.484 e. The first-order valence-corrected chi connectivity index (χ1v) is 10.3. The zero-order valence-electron chi connectivity index (χ0n) is 15.5. The highest BCUT2D eigenvalue weighted by molar-refractivity contribution is 7.92. The van der Waals surface area contributed by atoms with E-state index in [1.165, 1.54) is 23.8 Å². The van der Waals surface area contributed by atoms with Crippen LogP contribution >= 0.6 is 0 Å². The molecule has 2 aromatic rings. The Labute approximate surface area is 158 Å². The summed E-state index contributed by atoms with van der Waals surface area (Å²) in [4.78, 5) is 11.9. The Morgan fingerprint density at radius 1 is 1.15 bits per heavy atom. The Morgan fingerprint density at radius 3 is 2.37 bits per heavy atom. The molecule has 146 valence electrons. The predicted molar refractivity (Wildman–Crippen MR) is 103 cm³/mol. The molecule has 0 saturated carbocycles. The van der Waals surface area contributed by atoms with E-state index in [1.807, 2.05) is 24.3 Å². The van der Waals surface area contributed by atoms with Crippen molar-refractivity contribution in [3.8, 4) is 5.75 Å². The standard InChI is InChI=1S/C19H23FN2O4S/c1-13(2)15-5-7-16(8-6-15)26-12-19(23)21-11-14-4-9-18(17(20)10-14)22-27(3,24)25/h4-10,13,22H,11-12H2,1-3H3,(H,21,23). The molecule has 0 unspecified atom stereocenters. The zero-order chi connectivity index (χ0) is 20.0. The van der Waals surface area contributed by atoms with Gasteiger partial charge in [0, 0.05) is 6.54 Å². The van der Waals surface area contributed by atoms with Crippen LogP contribution in [0.1, 0.15) is 30.9 Å². The van der Waals surface area contributed by atoms with Crippen LogP contribution in [0.4, 0.5) is 10.1 Å². The molecule has 0 radical (unpaired) electrons. The van der Waals surface area contributed by atoms with E-state index in [-0.39, 0.29) is 24.7 Å². The molecule has 2 aromatic carbocycles. The Hall–Kier alpha value is -2.61. The highest BCUT2D eigenvalue weighted by Crippen LogP contribution is 2.19. The third-order valence-electron chi connectivity index (χ3n) is 3.74. The topological polar surface area (TPSA) is 84.5 Å². The van der Waals surface area contributed by atoms with Crippen molar-refractivity contribution in [2.24, 2.45) is 0 Å². The second-order valence-electron chi connectivity index (χ2n) is 6.48. The average molecular weight is 394 g/mol. The van der Waals surface area contributed by atoms with E-state index in [9.17, 15) is 17.6 Å². The molecule has 0 heterocycles. The van der Waals surface area contributed by atoms with Crippen LogP contribution in [0.15, 0.2) is 42.5 Å². The molecule has 0 saturated heterocycles. The van der Waals surface area contributed by atoms with Crippen LogP contribution in [0.2, 0.25) is 0 Å². The third-order valence-corrected chi connectivity index (χ3v) is 4.33. The molecule has 1 amide bonds. The highest BCUT2D eigenvalue weighted by atomic mass is 32.2. The number of hydrogen-bond donors (Lipinski definition) is 2. The smallest absolute Gasteiger partial charge is 0.258 e. The minimum absolute atomic E-state index is 0.102. The summed E-state index contributed by atoms with van der Waals surface area (Å²) in [6, 6.07) is 11.5. The molecule has 27 heavy (non-hydrogen) atoms. The van der Waals surface area contributed by atoms with Gasteiger partial charge in [-0.2, -0.15) is 0 Å². The van der Waals surface area contributed by atoms with Gasteiger partial charge in [-0.05, 0) is 41.3 Å². The largest absolute Gasteiger partial charge is 0.484 e. The van der Waals surface area contributed by atoms with Gasteiger partial charge in [-0.1, -0.05) is 32.0 Å². The maximum absolute atomic E-state index is 13.9. The first-order valence-electron chi connectivity index (χ1n) is 8.40. The number of benzene rings is 2. The lowest BCUT2D eigenvalue weighted by Gasteiger charge is -2.10. The lowest BCUT2D eigenvalue weighted by molar-refractivity contribution is -0.123. The van der Waals surface area contributed by atoms with Crippen molar-refractivity contribution >= 4 is 21.6 Å². The Kier molecular flexibility index (Phi) is 6.79. The number of carbonyl (C=O) groups excluding carboxylic acids is 1. The molecule has 0 aromatic heterocycles. The van der Waals surface area contributed by atoms with Gasteiger partial charge in [0.1, 0.15) is 11.6 Å². The van der Waals surface area contributed by atoms with Crippen molar-refractivity contribution in [2.75, 3.05) is 17.6 Å². The highest BCUT2D eigenvalue weighted by Gasteiger charge is 2.09. The lowest BCUT2D eigenvalue weighted by atomic mass is 10.0. The number of carbonyl (C=O) groups is 1. The number of hydrogen-bond acceptors (Lipinski definition) is 4. The summed E-state index contributed by atoms with van der Waals surface area (Å²) >= 11 is 0. The summed E-state index contributed by atoms with van der Waals surface area (Å²) in [5.74, 6) is -0.0473. The van der Waals surface area contributed by atoms with E-state index in [0.29, 0.717) is 17.2 Å². The van der Waals surface area contributed by atoms with E-state index in [1.54, 1.807) is 0 Å². The van der Waals surface area contributed by atoms with Gasteiger partial charge in [-0.15, -0.1) is 0 Å². The summed E-state index contributed by atoms with van der Waals surface area (Å²) in [6.45, 7) is 4.13. The monoisotopic (exact) mass is 394 g/mol. The van der Waals surface area contributed by atoms with E-state index in [4.69, 9.17) is 4.74 Å². The van der Waals surface area contributed by atoms with Gasteiger partial charge in [0.2, 0.25) is 10.0 Å². The summed E-state index contributed by atoms with van der Waals surface area (Å²) < 4.78 is 43.7. The first kappa shape index (κ1) is 20.7. The van der Waals surface area contributed by atoms with Gasteiger partial charge >= 0.3 is 0 Å². The number of amides is 1. The number of rotatable bonds is 8. The van der Waals surface area contributed by atoms with Crippen LogP contribution in [0.25, 0.3) is 0 Å². The van der Waals surface area contributed by atoms with Crippen molar-refractivity contribution in [3.63, 3.8) is 0 Å². The minimum atomic E-state index is -3.56. The van der Waals surface area contributed by atoms with E-state index >= 15 is 0 Å². The SMILES string of the molecule is CC(C)c1ccc(OCC(=O)NCc2ccc(NS(C)(=O)=O)c(F)c2)cc1. The fourth-order valence-corrected chi connectivity index (χ4v) is 2.87. The van der Waals surface area contributed by atoms with Crippen LogP contribution in [0.3, 0.4) is 0 Å². The first-order chi connectivity index (χ1) is 12.6. The van der Waals surface area contributed by atoms with Gasteiger partial charge in [0.15, 0.2) is 6.61 Å². The molecule has 0 bridgehead atoms. The van der Waals surface area contributed by atoms with Gasteiger partial charge in [-0.3, -0.25) is 9.52 Å². The molecule has 6 nitrogen and oxygen atoms in total. The summed E-state index contributed by atoms with van der Waals surface area (Å²) in [7, 11) is -3.56. The summed E-state index contributed by atoms with van der Waals surface area (Å²) in [5.41, 5.74) is 1.55. The normalized spacial score (nSPS) is 11.3. The van der Waals surface area contributed by atoms with E-state index in [2.05, 4.69) is 23.9 Å². The molecular weight excluding hydrogens is 371 g/mol. The molecule has 0 aliphatic rings. The average Bonchev–Trinajstić information content (AvgIpc) is 2.59. The molecule has 0 spiro atoms. The van der Waals surface area contributed by atoms with Crippen molar-refractivity contribution in [3.05, 3.63) is 59.4 Å². The molecule has 0 aliphatic heterocycles. The zero-order valence-corrected chi connectivity index (χ0v) is 16.3. The van der Waals surface area contributed by atoms with Crippen LogP contribution in [0, 0.1) is 5.82 Å². The molecule has 0 fully saturated rings. The number of sulfonamides is 1. The molecule has 0 atom stereocenters. The van der Waals surface area contributed by atoms with Crippen LogP contribution < -0.4 is 14.8 Å². The number of anilines is 1. The van der Waals surface area contributed by atoms with Crippen LogP contribution in [0.5, 0.6) is 5.75 Å². The van der Waals surface area contributed by atoms with Gasteiger partial charge in [0.05, 0.1) is 11.9 Å². The van der Waals surface area contributed by atoms with E-state index < -0.39 is 15.8 Å². The second-order valence-corrected chi connectivity index (χ2v) is 8.23. The fourth-order valence-electron chi connectivity index (χ4n) is 2.30. The maximum atomic E-state index is 13.9. The fraction of sp³-hybridized carbons (Fsp3) is 0.316. The van der Waals surface area contributed by atoms with Crippen LogP contribution in [-0.2, 0) is 21.4 Å². The molecule has 0 aliphatic carbocycles. The second kappa shape index (κ2) is 8.85. The Balaban J connectivity index is 1.83. The lowest BCUT2D eigenvalue weighted by Crippen LogP contribution is -2.28. The van der Waals surface area contributed by atoms with Crippen molar-refractivity contribution in [1.82, 2.24) is 5.32 Å². The summed E-state index contributed by atoms with van der Waals surface area (Å²) in [6.07, 6.45) is 0.941. The predicted octanol–water partition coefficient (Wildman–Crippen LogP) is 3.02. The summed E-state index contributed by atoms with van der Waals surface area (Å²) in [5, 5.41) is 2.62. The maximum Gasteiger partial charge on any atom is 0.258 e. The van der Waals surface area contributed by atoms with Gasteiger partial charge < -0.3 is 10.1 Å². The molecule has 2 N–H and O–H groups in total. The Morgan fingerprint density at radius 2 is 1.81 bits per heavy atom. The molecular formula is C19H23FN2O4S. The van der Waals surface area contributed by atoms with Gasteiger partial charge in [0.25, 0.3) is 5.91 Å².